The molecule has 2 aliphatic carbocycles. The van der Waals surface area contributed by atoms with Gasteiger partial charge in [0.25, 0.3) is 5.56 Å². The Balaban J connectivity index is 1.22. The van der Waals surface area contributed by atoms with E-state index in [0.717, 1.165) is 42.4 Å². The normalized spacial score (nSPS) is 15.2. The molecule has 0 aliphatic heterocycles. The van der Waals surface area contributed by atoms with Gasteiger partial charge in [-0.2, -0.15) is 0 Å². The molecule has 1 amide bonds. The molecule has 3 heterocycles. The molecular formula is C26H27N7O3. The molecule has 6 rings (SSSR count). The van der Waals surface area contributed by atoms with Gasteiger partial charge in [-0.05, 0) is 48.9 Å². The minimum absolute atomic E-state index is 0.00395. The maximum Gasteiger partial charge on any atom is 0.333 e. The fourth-order valence-electron chi connectivity index (χ4n) is 4.46. The van der Waals surface area contributed by atoms with Crippen molar-refractivity contribution in [1.82, 2.24) is 29.4 Å². The summed E-state index contributed by atoms with van der Waals surface area (Å²) in [6.45, 7) is 2.58. The number of benzene rings is 1. The van der Waals surface area contributed by atoms with E-state index in [1.165, 1.54) is 11.5 Å². The second-order valence-corrected chi connectivity index (χ2v) is 9.59. The number of rotatable bonds is 8. The average molecular weight is 486 g/mol. The first-order valence-corrected chi connectivity index (χ1v) is 12.3. The van der Waals surface area contributed by atoms with Crippen molar-refractivity contribution in [2.45, 2.75) is 57.8 Å². The number of hydrogen-bond donors (Lipinski definition) is 3. The quantitative estimate of drug-likeness (QED) is 0.352. The van der Waals surface area contributed by atoms with Crippen LogP contribution in [0.4, 0.5) is 5.82 Å². The first kappa shape index (κ1) is 22.3. The zero-order valence-corrected chi connectivity index (χ0v) is 20.0. The highest BCUT2D eigenvalue weighted by atomic mass is 16.2. The Kier molecular flexibility index (Phi) is 5.43. The number of pyridine rings is 1. The fraction of sp³-hybridized carbons (Fsp3) is 0.346. The number of amides is 1. The van der Waals surface area contributed by atoms with Crippen molar-refractivity contribution in [1.29, 1.82) is 0 Å². The van der Waals surface area contributed by atoms with Crippen molar-refractivity contribution in [3.8, 4) is 11.4 Å². The third kappa shape index (κ3) is 4.30. The molecule has 0 radical (unpaired) electrons. The van der Waals surface area contributed by atoms with Crippen molar-refractivity contribution in [2.75, 3.05) is 5.32 Å². The van der Waals surface area contributed by atoms with Gasteiger partial charge in [0, 0.05) is 43.9 Å². The highest BCUT2D eigenvalue weighted by molar-refractivity contribution is 5.76. The summed E-state index contributed by atoms with van der Waals surface area (Å²) < 4.78 is 3.09. The lowest BCUT2D eigenvalue weighted by molar-refractivity contribution is -0.119. The number of anilines is 1. The van der Waals surface area contributed by atoms with Gasteiger partial charge in [-0.3, -0.25) is 18.7 Å². The smallest absolute Gasteiger partial charge is 0.333 e. The number of imidazole rings is 1. The van der Waals surface area contributed by atoms with Gasteiger partial charge >= 0.3 is 5.69 Å². The molecule has 4 aromatic rings. The van der Waals surface area contributed by atoms with Gasteiger partial charge in [0.1, 0.15) is 17.2 Å². The van der Waals surface area contributed by atoms with Gasteiger partial charge in [0.05, 0.1) is 0 Å². The van der Waals surface area contributed by atoms with E-state index < -0.39 is 0 Å². The molecule has 0 unspecified atom stereocenters. The van der Waals surface area contributed by atoms with Crippen LogP contribution < -0.4 is 21.9 Å². The molecule has 3 N–H and O–H groups in total. The van der Waals surface area contributed by atoms with Crippen molar-refractivity contribution < 1.29 is 4.79 Å². The van der Waals surface area contributed by atoms with E-state index >= 15 is 0 Å². The van der Waals surface area contributed by atoms with Crippen LogP contribution in [0, 0.1) is 0 Å². The molecule has 2 saturated carbocycles. The molecule has 2 fully saturated rings. The summed E-state index contributed by atoms with van der Waals surface area (Å²) in [5.41, 5.74) is 3.12. The summed E-state index contributed by atoms with van der Waals surface area (Å²) >= 11 is 0. The molecule has 0 bridgehead atoms. The summed E-state index contributed by atoms with van der Waals surface area (Å²) in [6.07, 6.45) is 5.29. The number of H-pyrrole nitrogens is 1. The van der Waals surface area contributed by atoms with Gasteiger partial charge in [-0.15, -0.1) is 0 Å². The summed E-state index contributed by atoms with van der Waals surface area (Å²) in [7, 11) is 0. The molecule has 10 heteroatoms. The zero-order chi connectivity index (χ0) is 24.8. The third-order valence-electron chi connectivity index (χ3n) is 6.63. The lowest BCUT2D eigenvalue weighted by atomic mass is 10.1. The van der Waals surface area contributed by atoms with Crippen LogP contribution in [0.3, 0.4) is 0 Å². The lowest BCUT2D eigenvalue weighted by Gasteiger charge is -2.09. The number of hydrogen-bond acceptors (Lipinski definition) is 6. The third-order valence-corrected chi connectivity index (χ3v) is 6.63. The Morgan fingerprint density at radius 3 is 2.42 bits per heavy atom. The molecule has 1 aromatic carbocycles. The molecule has 184 valence electrons. The van der Waals surface area contributed by atoms with E-state index in [1.807, 2.05) is 36.4 Å². The van der Waals surface area contributed by atoms with Crippen LogP contribution >= 0.6 is 0 Å². The van der Waals surface area contributed by atoms with E-state index in [9.17, 15) is 14.4 Å². The molecular weight excluding hydrogens is 458 g/mol. The average Bonchev–Trinajstić information content (AvgIpc) is 3.81. The molecule has 2 aliphatic rings. The Bertz CT molecular complexity index is 1570. The first-order valence-electron chi connectivity index (χ1n) is 12.3. The van der Waals surface area contributed by atoms with Crippen LogP contribution in [0.25, 0.3) is 22.6 Å². The molecule has 36 heavy (non-hydrogen) atoms. The number of carbonyl (C=O) groups excluding carboxylic acids is 1. The maximum atomic E-state index is 13.1. The molecule has 10 nitrogen and oxygen atoms in total. The van der Waals surface area contributed by atoms with Gasteiger partial charge in [-0.25, -0.2) is 14.8 Å². The standard InChI is InChI=1S/C26H27N7O3/c1-15(34)27-12-16-3-2-4-17(11-16)13-28-21-10-5-18(14-29-21)23-30-22-24(31-23)32(19-6-7-19)26(36)33(25(22)35)20-8-9-20/h2-5,10-11,14,19-20H,6-9,12-13H2,1H3,(H,27,34)(H,28,29)(H,30,31). The van der Waals surface area contributed by atoms with Crippen LogP contribution in [0.1, 0.15) is 55.8 Å². The minimum atomic E-state index is -0.292. The Morgan fingerprint density at radius 1 is 1.03 bits per heavy atom. The SMILES string of the molecule is CC(=O)NCc1cccc(CNc2ccc(-c3nc4c([nH]3)c(=O)n(C3CC3)c(=O)n4C3CC3)cn2)c1. The lowest BCUT2D eigenvalue weighted by Crippen LogP contribution is -2.39. The second-order valence-electron chi connectivity index (χ2n) is 9.59. The van der Waals surface area contributed by atoms with Crippen molar-refractivity contribution >= 4 is 22.9 Å². The van der Waals surface area contributed by atoms with E-state index in [-0.39, 0.29) is 29.2 Å². The maximum absolute atomic E-state index is 13.1. The summed E-state index contributed by atoms with van der Waals surface area (Å²) in [5, 5.41) is 6.11. The van der Waals surface area contributed by atoms with Gasteiger partial charge in [0.15, 0.2) is 5.65 Å². The van der Waals surface area contributed by atoms with E-state index in [1.54, 1.807) is 10.8 Å². The van der Waals surface area contributed by atoms with Gasteiger partial charge in [-0.1, -0.05) is 24.3 Å². The highest BCUT2D eigenvalue weighted by Crippen LogP contribution is 2.37. The number of carbonyl (C=O) groups is 1. The van der Waals surface area contributed by atoms with Gasteiger partial charge in [0.2, 0.25) is 5.91 Å². The Hall–Kier alpha value is -4.21. The Labute approximate surface area is 206 Å². The fourth-order valence-corrected chi connectivity index (χ4v) is 4.46. The van der Waals surface area contributed by atoms with Crippen molar-refractivity contribution in [2.24, 2.45) is 0 Å². The van der Waals surface area contributed by atoms with E-state index in [2.05, 4.69) is 25.6 Å². The minimum Gasteiger partial charge on any atom is -0.366 e. The van der Waals surface area contributed by atoms with Crippen LogP contribution in [0.15, 0.2) is 52.2 Å². The highest BCUT2D eigenvalue weighted by Gasteiger charge is 2.34. The summed E-state index contributed by atoms with van der Waals surface area (Å²) in [4.78, 5) is 49.6. The first-order chi connectivity index (χ1) is 17.5. The monoisotopic (exact) mass is 485 g/mol. The molecule has 0 saturated heterocycles. The summed E-state index contributed by atoms with van der Waals surface area (Å²) in [5.74, 6) is 1.17. The number of aromatic nitrogens is 5. The van der Waals surface area contributed by atoms with E-state index in [0.29, 0.717) is 35.9 Å². The van der Waals surface area contributed by atoms with Gasteiger partial charge < -0.3 is 15.6 Å². The number of nitrogens with zero attached hydrogens (tertiary/aromatic N) is 4. The largest absolute Gasteiger partial charge is 0.366 e. The number of fused-ring (bicyclic) bond motifs is 1. The van der Waals surface area contributed by atoms with Crippen molar-refractivity contribution in [3.63, 3.8) is 0 Å². The second kappa shape index (κ2) is 8.78. The van der Waals surface area contributed by atoms with Crippen molar-refractivity contribution in [3.05, 3.63) is 74.6 Å². The van der Waals surface area contributed by atoms with Crippen LogP contribution in [0.5, 0.6) is 0 Å². The summed E-state index contributed by atoms with van der Waals surface area (Å²) in [6, 6.07) is 11.9. The molecule has 3 aromatic heterocycles. The molecule has 0 spiro atoms. The van der Waals surface area contributed by atoms with E-state index in [4.69, 9.17) is 0 Å². The van der Waals surface area contributed by atoms with Crippen LogP contribution in [0.2, 0.25) is 0 Å². The predicted octanol–water partition coefficient (Wildman–Crippen LogP) is 2.87. The Morgan fingerprint density at radius 2 is 1.75 bits per heavy atom. The number of aromatic amines is 1. The topological polar surface area (TPSA) is 127 Å². The van der Waals surface area contributed by atoms with Crippen LogP contribution in [-0.4, -0.2) is 30.0 Å². The molecule has 0 atom stereocenters. The predicted molar refractivity (Wildman–Crippen MR) is 136 cm³/mol. The number of nitrogens with one attached hydrogen (secondary N) is 3. The van der Waals surface area contributed by atoms with Crippen LogP contribution in [-0.2, 0) is 17.9 Å². The zero-order valence-electron chi connectivity index (χ0n) is 20.0.